The van der Waals surface area contributed by atoms with E-state index in [2.05, 4.69) is 4.98 Å². The van der Waals surface area contributed by atoms with Crippen LogP contribution in [0, 0.1) is 5.82 Å². The number of aromatic nitrogens is 1. The largest absolute Gasteiger partial charge is 0.392 e. The molecule has 0 aliphatic carbocycles. The Bertz CT molecular complexity index is 703. The van der Waals surface area contributed by atoms with Gasteiger partial charge in [-0.2, -0.15) is 0 Å². The Hall–Kier alpha value is -2.27. The average Bonchev–Trinajstić information content (AvgIpc) is 2.55. The summed E-state index contributed by atoms with van der Waals surface area (Å²) in [5, 5.41) is 9.48. The molecule has 0 unspecified atom stereocenters. The van der Waals surface area contributed by atoms with Crippen molar-refractivity contribution in [2.24, 2.45) is 0 Å². The molecule has 22 heavy (non-hydrogen) atoms. The summed E-state index contributed by atoms with van der Waals surface area (Å²) in [4.78, 5) is 18.3. The molecular formula is C17H17FN2O2. The van der Waals surface area contributed by atoms with Crippen LogP contribution >= 0.6 is 0 Å². The molecule has 0 saturated carbocycles. The number of nitrogens with zero attached hydrogens (tertiary/aromatic N) is 2. The third-order valence-electron chi connectivity index (χ3n) is 3.89. The molecule has 0 radical (unpaired) electrons. The predicted octanol–water partition coefficient (Wildman–Crippen LogP) is 2.90. The van der Waals surface area contributed by atoms with Gasteiger partial charge in [-0.3, -0.25) is 9.78 Å². The van der Waals surface area contributed by atoms with E-state index in [1.807, 2.05) is 6.07 Å². The van der Waals surface area contributed by atoms with Crippen LogP contribution < -0.4 is 4.90 Å². The number of piperidine rings is 1. The van der Waals surface area contributed by atoms with Crippen LogP contribution in [0.5, 0.6) is 0 Å². The smallest absolute Gasteiger partial charge is 0.227 e. The lowest BCUT2D eigenvalue weighted by atomic mass is 10.0. The Labute approximate surface area is 128 Å². The van der Waals surface area contributed by atoms with E-state index in [9.17, 15) is 14.3 Å². The first-order valence-electron chi connectivity index (χ1n) is 7.36. The van der Waals surface area contributed by atoms with Gasteiger partial charge in [0.1, 0.15) is 5.82 Å². The molecule has 1 aromatic heterocycles. The molecule has 0 bridgehead atoms. The molecule has 2 heterocycles. The third kappa shape index (κ3) is 2.72. The van der Waals surface area contributed by atoms with Gasteiger partial charge < -0.3 is 10.0 Å². The van der Waals surface area contributed by atoms with Crippen molar-refractivity contribution in [3.63, 3.8) is 0 Å². The van der Waals surface area contributed by atoms with Crippen molar-refractivity contribution >= 4 is 11.6 Å². The van der Waals surface area contributed by atoms with Crippen LogP contribution in [0.1, 0.15) is 24.8 Å². The van der Waals surface area contributed by atoms with Crippen LogP contribution in [-0.2, 0) is 11.4 Å². The number of anilines is 1. The lowest BCUT2D eigenvalue weighted by Gasteiger charge is -2.28. The highest BCUT2D eigenvalue weighted by atomic mass is 19.1. The molecule has 1 saturated heterocycles. The normalized spacial score (nSPS) is 15.2. The summed E-state index contributed by atoms with van der Waals surface area (Å²) in [6.07, 6.45) is 4.03. The van der Waals surface area contributed by atoms with E-state index in [1.54, 1.807) is 23.2 Å². The molecule has 1 aliphatic heterocycles. The predicted molar refractivity (Wildman–Crippen MR) is 81.8 cm³/mol. The molecule has 114 valence electrons. The number of hydrogen-bond donors (Lipinski definition) is 1. The van der Waals surface area contributed by atoms with E-state index >= 15 is 0 Å². The molecule has 4 nitrogen and oxygen atoms in total. The fourth-order valence-electron chi connectivity index (χ4n) is 2.81. The zero-order valence-electron chi connectivity index (χ0n) is 12.1. The number of amides is 1. The number of hydrogen-bond acceptors (Lipinski definition) is 3. The summed E-state index contributed by atoms with van der Waals surface area (Å²) in [5.41, 5.74) is 2.43. The van der Waals surface area contributed by atoms with Crippen LogP contribution in [0.25, 0.3) is 11.3 Å². The second-order valence-corrected chi connectivity index (χ2v) is 5.33. The van der Waals surface area contributed by atoms with Crippen molar-refractivity contribution in [3.05, 3.63) is 47.9 Å². The molecule has 1 N–H and O–H groups in total. The van der Waals surface area contributed by atoms with Crippen molar-refractivity contribution in [3.8, 4) is 11.3 Å². The molecule has 3 rings (SSSR count). The van der Waals surface area contributed by atoms with Crippen molar-refractivity contribution in [2.45, 2.75) is 25.9 Å². The van der Waals surface area contributed by atoms with Gasteiger partial charge in [0.25, 0.3) is 0 Å². The van der Waals surface area contributed by atoms with Gasteiger partial charge >= 0.3 is 0 Å². The van der Waals surface area contributed by atoms with Gasteiger partial charge in [-0.15, -0.1) is 0 Å². The maximum atomic E-state index is 13.4. The highest BCUT2D eigenvalue weighted by molar-refractivity contribution is 5.97. The van der Waals surface area contributed by atoms with E-state index in [0.29, 0.717) is 35.5 Å². The lowest BCUT2D eigenvalue weighted by molar-refractivity contribution is -0.119. The first kappa shape index (κ1) is 14.7. The van der Waals surface area contributed by atoms with E-state index < -0.39 is 5.82 Å². The number of halogens is 1. The molecule has 1 amide bonds. The summed E-state index contributed by atoms with van der Waals surface area (Å²) in [6.45, 7) is 0.379. The summed E-state index contributed by atoms with van der Waals surface area (Å²) in [5.74, 6) is -0.326. The molecule has 5 heteroatoms. The van der Waals surface area contributed by atoms with Crippen LogP contribution in [0.4, 0.5) is 10.1 Å². The number of carbonyl (C=O) groups excluding carboxylic acids is 1. The number of pyridine rings is 1. The van der Waals surface area contributed by atoms with E-state index in [1.165, 1.54) is 12.1 Å². The monoisotopic (exact) mass is 300 g/mol. The van der Waals surface area contributed by atoms with Gasteiger partial charge in [-0.1, -0.05) is 0 Å². The third-order valence-corrected chi connectivity index (χ3v) is 3.89. The first-order valence-corrected chi connectivity index (χ1v) is 7.36. The van der Waals surface area contributed by atoms with Gasteiger partial charge in [0.05, 0.1) is 18.0 Å². The van der Waals surface area contributed by atoms with Crippen LogP contribution in [0.2, 0.25) is 0 Å². The summed E-state index contributed by atoms with van der Waals surface area (Å²) in [7, 11) is 0. The summed E-state index contributed by atoms with van der Waals surface area (Å²) >= 11 is 0. The van der Waals surface area contributed by atoms with Crippen molar-refractivity contribution < 1.29 is 14.3 Å². The second kappa shape index (κ2) is 6.23. The minimum atomic E-state index is -0.403. The van der Waals surface area contributed by atoms with Gasteiger partial charge in [-0.05, 0) is 48.7 Å². The molecule has 0 atom stereocenters. The Morgan fingerprint density at radius 3 is 2.91 bits per heavy atom. The van der Waals surface area contributed by atoms with Crippen LogP contribution in [-0.4, -0.2) is 22.5 Å². The molecule has 2 aromatic rings. The van der Waals surface area contributed by atoms with Crippen LogP contribution in [0.15, 0.2) is 36.5 Å². The Morgan fingerprint density at radius 1 is 1.27 bits per heavy atom. The molecule has 1 fully saturated rings. The van der Waals surface area contributed by atoms with Crippen molar-refractivity contribution in [2.75, 3.05) is 11.4 Å². The first-order chi connectivity index (χ1) is 10.7. The number of carbonyl (C=O) groups is 1. The summed E-state index contributed by atoms with van der Waals surface area (Å²) < 4.78 is 13.4. The minimum absolute atomic E-state index is 0.0770. The molecule has 1 aliphatic rings. The van der Waals surface area contributed by atoms with Gasteiger partial charge in [0.2, 0.25) is 5.91 Å². The van der Waals surface area contributed by atoms with E-state index in [0.717, 1.165) is 12.8 Å². The number of benzene rings is 1. The molecule has 1 aromatic carbocycles. The second-order valence-electron chi connectivity index (χ2n) is 5.33. The van der Waals surface area contributed by atoms with Gasteiger partial charge in [0.15, 0.2) is 0 Å². The van der Waals surface area contributed by atoms with Crippen molar-refractivity contribution in [1.29, 1.82) is 0 Å². The van der Waals surface area contributed by atoms with Crippen LogP contribution in [0.3, 0.4) is 0 Å². The fraction of sp³-hybridized carbons (Fsp3) is 0.294. The Balaban J connectivity index is 2.10. The van der Waals surface area contributed by atoms with Gasteiger partial charge in [0, 0.05) is 24.7 Å². The maximum absolute atomic E-state index is 13.4. The highest BCUT2D eigenvalue weighted by Gasteiger charge is 2.23. The zero-order chi connectivity index (χ0) is 15.5. The Kier molecular flexibility index (Phi) is 4.15. The van der Waals surface area contributed by atoms with E-state index in [-0.39, 0.29) is 12.5 Å². The number of rotatable bonds is 3. The quantitative estimate of drug-likeness (QED) is 0.948. The number of aliphatic hydroxyl groups is 1. The van der Waals surface area contributed by atoms with E-state index in [4.69, 9.17) is 0 Å². The SMILES string of the molecule is O=C1CCCCN1c1cccnc1-c1ccc(F)cc1CO. The fourth-order valence-corrected chi connectivity index (χ4v) is 2.81. The minimum Gasteiger partial charge on any atom is -0.392 e. The number of aliphatic hydroxyl groups excluding tert-OH is 1. The Morgan fingerprint density at radius 2 is 2.14 bits per heavy atom. The van der Waals surface area contributed by atoms with Crippen molar-refractivity contribution in [1.82, 2.24) is 4.98 Å². The molecular weight excluding hydrogens is 283 g/mol. The maximum Gasteiger partial charge on any atom is 0.227 e. The topological polar surface area (TPSA) is 53.4 Å². The molecule has 0 spiro atoms. The highest BCUT2D eigenvalue weighted by Crippen LogP contribution is 2.33. The average molecular weight is 300 g/mol. The summed E-state index contributed by atoms with van der Waals surface area (Å²) in [6, 6.07) is 7.86. The van der Waals surface area contributed by atoms with Gasteiger partial charge in [-0.25, -0.2) is 4.39 Å². The standard InChI is InChI=1S/C17H17FN2O2/c18-13-6-7-14(12(10-13)11-21)17-15(4-3-8-19-17)20-9-2-1-5-16(20)22/h3-4,6-8,10,21H,1-2,5,9,11H2. The zero-order valence-corrected chi connectivity index (χ0v) is 12.1. The lowest BCUT2D eigenvalue weighted by Crippen LogP contribution is -2.35.